The number of hydrogen-bond donors (Lipinski definition) is 1. The van der Waals surface area contributed by atoms with Crippen LogP contribution in [0.4, 0.5) is 0 Å². The van der Waals surface area contributed by atoms with Crippen LogP contribution >= 0.6 is 0 Å². The Balaban J connectivity index is 3.03. The van der Waals surface area contributed by atoms with Crippen LogP contribution in [0.25, 0.3) is 6.08 Å². The number of nitriles is 1. The van der Waals surface area contributed by atoms with Gasteiger partial charge >= 0.3 is 5.97 Å². The summed E-state index contributed by atoms with van der Waals surface area (Å²) in [7, 11) is 1.51. The Morgan fingerprint density at radius 3 is 2.94 bits per heavy atom. The van der Waals surface area contributed by atoms with Crippen molar-refractivity contribution in [1.82, 2.24) is 0 Å². The number of carboxylic acid groups (broad SMARTS) is 1. The molecule has 0 saturated heterocycles. The van der Waals surface area contributed by atoms with Crippen LogP contribution in [0.2, 0.25) is 0 Å². The minimum atomic E-state index is -1.06. The van der Waals surface area contributed by atoms with E-state index in [-0.39, 0.29) is 6.61 Å². The Kier molecular flexibility index (Phi) is 4.58. The lowest BCUT2D eigenvalue weighted by molar-refractivity contribution is -0.131. The molecule has 0 heterocycles. The van der Waals surface area contributed by atoms with Gasteiger partial charge in [-0.15, -0.1) is 0 Å². The SMILES string of the molecule is COc1ccc(OCC#N)c(/C=C/C(=O)O)c1. The Labute approximate surface area is 98.5 Å². The topological polar surface area (TPSA) is 79.5 Å². The molecule has 0 aromatic heterocycles. The van der Waals surface area contributed by atoms with Crippen LogP contribution < -0.4 is 9.47 Å². The third-order valence-electron chi connectivity index (χ3n) is 1.91. The maximum Gasteiger partial charge on any atom is 0.328 e. The first kappa shape index (κ1) is 12.6. The van der Waals surface area contributed by atoms with Gasteiger partial charge in [0.1, 0.15) is 17.6 Å². The Bertz CT molecular complexity index is 474. The molecule has 0 spiro atoms. The molecule has 0 amide bonds. The molecule has 0 aliphatic heterocycles. The molecule has 0 fully saturated rings. The summed E-state index contributed by atoms with van der Waals surface area (Å²) < 4.78 is 10.2. The molecule has 5 heteroatoms. The van der Waals surface area contributed by atoms with Gasteiger partial charge in [-0.25, -0.2) is 4.79 Å². The molecular weight excluding hydrogens is 222 g/mol. The standard InChI is InChI=1S/C12H11NO4/c1-16-10-3-4-11(17-7-6-13)9(8-10)2-5-12(14)15/h2-5,8H,7H2,1H3,(H,14,15)/b5-2+. The number of nitrogens with zero attached hydrogens (tertiary/aromatic N) is 1. The molecule has 0 atom stereocenters. The minimum absolute atomic E-state index is 0.0970. The zero-order valence-corrected chi connectivity index (χ0v) is 9.21. The Morgan fingerprint density at radius 2 is 2.35 bits per heavy atom. The van der Waals surface area contributed by atoms with Gasteiger partial charge in [0.2, 0.25) is 0 Å². The third-order valence-corrected chi connectivity index (χ3v) is 1.91. The summed E-state index contributed by atoms with van der Waals surface area (Å²) in [5.41, 5.74) is 0.544. The van der Waals surface area contributed by atoms with Crippen LogP contribution in [-0.2, 0) is 4.79 Å². The fourth-order valence-corrected chi connectivity index (χ4v) is 1.19. The first-order valence-corrected chi connectivity index (χ1v) is 4.76. The predicted molar refractivity (Wildman–Crippen MR) is 60.8 cm³/mol. The van der Waals surface area contributed by atoms with E-state index in [1.165, 1.54) is 13.2 Å². The number of hydrogen-bond acceptors (Lipinski definition) is 4. The molecular formula is C12H11NO4. The van der Waals surface area contributed by atoms with E-state index in [9.17, 15) is 4.79 Å². The second-order valence-corrected chi connectivity index (χ2v) is 3.02. The lowest BCUT2D eigenvalue weighted by Gasteiger charge is -2.07. The molecule has 0 saturated carbocycles. The van der Waals surface area contributed by atoms with Crippen molar-refractivity contribution in [2.24, 2.45) is 0 Å². The van der Waals surface area contributed by atoms with Crippen LogP contribution in [0, 0.1) is 11.3 Å². The molecule has 0 bridgehead atoms. The van der Waals surface area contributed by atoms with E-state index in [1.807, 2.05) is 6.07 Å². The molecule has 0 unspecified atom stereocenters. The van der Waals surface area contributed by atoms with Gasteiger partial charge in [0.25, 0.3) is 0 Å². The number of methoxy groups -OCH3 is 1. The lowest BCUT2D eigenvalue weighted by atomic mass is 10.1. The molecule has 1 aromatic rings. The second kappa shape index (κ2) is 6.18. The molecule has 88 valence electrons. The number of carbonyl (C=O) groups is 1. The van der Waals surface area contributed by atoms with Crippen molar-refractivity contribution in [2.45, 2.75) is 0 Å². The van der Waals surface area contributed by atoms with Gasteiger partial charge in [0.05, 0.1) is 7.11 Å². The van der Waals surface area contributed by atoms with Gasteiger partial charge < -0.3 is 14.6 Å². The highest BCUT2D eigenvalue weighted by Gasteiger charge is 2.03. The normalized spacial score (nSPS) is 9.88. The van der Waals surface area contributed by atoms with Crippen molar-refractivity contribution in [3.05, 3.63) is 29.8 Å². The fraction of sp³-hybridized carbons (Fsp3) is 0.167. The van der Waals surface area contributed by atoms with Gasteiger partial charge in [-0.1, -0.05) is 0 Å². The molecule has 1 aromatic carbocycles. The maximum atomic E-state index is 10.4. The highest BCUT2D eigenvalue weighted by atomic mass is 16.5. The lowest BCUT2D eigenvalue weighted by Crippen LogP contribution is -1.96. The Hall–Kier alpha value is -2.48. The van der Waals surface area contributed by atoms with E-state index in [4.69, 9.17) is 19.8 Å². The summed E-state index contributed by atoms with van der Waals surface area (Å²) in [6, 6.07) is 6.77. The van der Waals surface area contributed by atoms with Crippen molar-refractivity contribution in [3.8, 4) is 17.6 Å². The number of benzene rings is 1. The zero-order valence-electron chi connectivity index (χ0n) is 9.21. The van der Waals surface area contributed by atoms with Crippen molar-refractivity contribution in [3.63, 3.8) is 0 Å². The minimum Gasteiger partial charge on any atom is -0.497 e. The van der Waals surface area contributed by atoms with E-state index in [0.717, 1.165) is 6.08 Å². The summed E-state index contributed by atoms with van der Waals surface area (Å²) in [5, 5.41) is 17.0. The first-order valence-electron chi connectivity index (χ1n) is 4.76. The predicted octanol–water partition coefficient (Wildman–Crippen LogP) is 1.70. The summed E-state index contributed by atoms with van der Waals surface area (Å²) >= 11 is 0. The smallest absolute Gasteiger partial charge is 0.328 e. The van der Waals surface area contributed by atoms with Crippen molar-refractivity contribution in [1.29, 1.82) is 5.26 Å². The fourth-order valence-electron chi connectivity index (χ4n) is 1.19. The second-order valence-electron chi connectivity index (χ2n) is 3.02. The molecule has 0 aliphatic rings. The van der Waals surface area contributed by atoms with E-state index in [0.29, 0.717) is 17.1 Å². The average molecular weight is 233 g/mol. The van der Waals surface area contributed by atoms with Crippen LogP contribution in [0.15, 0.2) is 24.3 Å². The molecule has 5 nitrogen and oxygen atoms in total. The summed E-state index contributed by atoms with van der Waals surface area (Å²) in [6.45, 7) is -0.0970. The molecule has 0 aliphatic carbocycles. The highest BCUT2D eigenvalue weighted by molar-refractivity contribution is 5.86. The first-order chi connectivity index (χ1) is 8.17. The van der Waals surface area contributed by atoms with E-state index in [1.54, 1.807) is 18.2 Å². The van der Waals surface area contributed by atoms with Crippen LogP contribution in [0.5, 0.6) is 11.5 Å². The van der Waals surface area contributed by atoms with Crippen molar-refractivity contribution >= 4 is 12.0 Å². The van der Waals surface area contributed by atoms with Gasteiger partial charge in [-0.3, -0.25) is 0 Å². The molecule has 17 heavy (non-hydrogen) atoms. The summed E-state index contributed by atoms with van der Waals surface area (Å²) in [5.74, 6) is -0.0387. The van der Waals surface area contributed by atoms with Crippen LogP contribution in [-0.4, -0.2) is 24.8 Å². The number of ether oxygens (including phenoxy) is 2. The maximum absolute atomic E-state index is 10.4. The average Bonchev–Trinajstić information content (AvgIpc) is 2.34. The van der Waals surface area contributed by atoms with Crippen molar-refractivity contribution < 1.29 is 19.4 Å². The van der Waals surface area contributed by atoms with Gasteiger partial charge in [0.15, 0.2) is 6.61 Å². The molecule has 0 radical (unpaired) electrons. The largest absolute Gasteiger partial charge is 0.497 e. The van der Waals surface area contributed by atoms with Gasteiger partial charge in [-0.05, 0) is 24.3 Å². The summed E-state index contributed by atoms with van der Waals surface area (Å²) in [4.78, 5) is 10.4. The molecule has 1 rings (SSSR count). The van der Waals surface area contributed by atoms with Gasteiger partial charge in [0, 0.05) is 11.6 Å². The number of aliphatic carboxylic acids is 1. The Morgan fingerprint density at radius 1 is 1.59 bits per heavy atom. The third kappa shape index (κ3) is 3.87. The van der Waals surface area contributed by atoms with E-state index >= 15 is 0 Å². The highest BCUT2D eigenvalue weighted by Crippen LogP contribution is 2.25. The van der Waals surface area contributed by atoms with Crippen molar-refractivity contribution in [2.75, 3.05) is 13.7 Å². The quantitative estimate of drug-likeness (QED) is 0.783. The zero-order chi connectivity index (χ0) is 12.7. The van der Waals surface area contributed by atoms with Crippen LogP contribution in [0.1, 0.15) is 5.56 Å². The monoisotopic (exact) mass is 233 g/mol. The molecule has 1 N–H and O–H groups in total. The van der Waals surface area contributed by atoms with E-state index < -0.39 is 5.97 Å². The summed E-state index contributed by atoms with van der Waals surface area (Å²) in [6.07, 6.45) is 2.38. The number of carboxylic acids is 1. The van der Waals surface area contributed by atoms with Crippen LogP contribution in [0.3, 0.4) is 0 Å². The number of rotatable bonds is 5. The van der Waals surface area contributed by atoms with Gasteiger partial charge in [-0.2, -0.15) is 5.26 Å². The van der Waals surface area contributed by atoms with E-state index in [2.05, 4.69) is 0 Å².